The number of rotatable bonds is 6. The number of nitrogens with zero attached hydrogens (tertiary/aromatic N) is 3. The number of carbonyl (C=O) groups excluding carboxylic acids is 1. The minimum absolute atomic E-state index is 0.0621. The molecule has 1 N–H and O–H groups in total. The molecule has 2 bridgehead atoms. The van der Waals surface area contributed by atoms with E-state index in [1.165, 1.54) is 18.5 Å². The predicted molar refractivity (Wildman–Crippen MR) is 121 cm³/mol. The molecular formula is C23H27FN4O5S. The highest BCUT2D eigenvalue weighted by molar-refractivity contribution is 7.90. The second kappa shape index (κ2) is 8.07. The van der Waals surface area contributed by atoms with Crippen molar-refractivity contribution in [3.05, 3.63) is 35.9 Å². The lowest BCUT2D eigenvalue weighted by Gasteiger charge is -2.44. The summed E-state index contributed by atoms with van der Waals surface area (Å²) in [5, 5.41) is 2.89. The van der Waals surface area contributed by atoms with Crippen LogP contribution in [0, 0.1) is 12.7 Å². The van der Waals surface area contributed by atoms with Crippen LogP contribution in [0.3, 0.4) is 0 Å². The third kappa shape index (κ3) is 4.06. The summed E-state index contributed by atoms with van der Waals surface area (Å²) < 4.78 is 49.7. The number of halogens is 1. The number of benzene rings is 1. The number of hydrogen-bond acceptors (Lipinski definition) is 8. The first-order chi connectivity index (χ1) is 16.0. The maximum Gasteiger partial charge on any atom is 0.410 e. The zero-order chi connectivity index (χ0) is 24.3. The average Bonchev–Trinajstić information content (AvgIpc) is 3.29. The maximum absolute atomic E-state index is 14.5. The van der Waals surface area contributed by atoms with E-state index < -0.39 is 15.7 Å². The van der Waals surface area contributed by atoms with Crippen LogP contribution in [0.25, 0.3) is 0 Å². The van der Waals surface area contributed by atoms with Crippen molar-refractivity contribution in [3.8, 4) is 5.88 Å². The summed E-state index contributed by atoms with van der Waals surface area (Å²) in [6.45, 7) is 3.73. The predicted octanol–water partition coefficient (Wildman–Crippen LogP) is 3.74. The van der Waals surface area contributed by atoms with Gasteiger partial charge in [-0.15, -0.1) is 0 Å². The number of hydrogen-bond donors (Lipinski definition) is 1. The Morgan fingerprint density at radius 3 is 2.68 bits per heavy atom. The molecule has 182 valence electrons. The molecule has 2 aliphatic carbocycles. The Hall–Kier alpha value is -2.95. The van der Waals surface area contributed by atoms with Crippen molar-refractivity contribution in [2.24, 2.45) is 0 Å². The smallest absolute Gasteiger partial charge is 0.410 e. The van der Waals surface area contributed by atoms with Crippen LogP contribution in [0.5, 0.6) is 5.88 Å². The molecule has 3 unspecified atom stereocenters. The van der Waals surface area contributed by atoms with E-state index in [0.29, 0.717) is 23.7 Å². The molecule has 34 heavy (non-hydrogen) atoms. The van der Waals surface area contributed by atoms with Crippen molar-refractivity contribution in [2.45, 2.75) is 74.6 Å². The van der Waals surface area contributed by atoms with Gasteiger partial charge in [-0.3, -0.25) is 4.90 Å². The van der Waals surface area contributed by atoms with Gasteiger partial charge >= 0.3 is 6.09 Å². The van der Waals surface area contributed by atoms with E-state index in [9.17, 15) is 17.6 Å². The highest BCUT2D eigenvalue weighted by atomic mass is 32.2. The number of sulfone groups is 1. The fraction of sp³-hybridized carbons (Fsp3) is 0.522. The molecule has 6 rings (SSSR count). The number of amides is 1. The Morgan fingerprint density at radius 2 is 2.03 bits per heavy atom. The van der Waals surface area contributed by atoms with Crippen LogP contribution in [-0.2, 0) is 14.6 Å². The SMILES string of the molecule is Cc1c(Nc2ccc(S(C)(=O)=O)cc2F)ncnc1OC1CC2CC1N2C(=O)OC1(C)CCC1. The Kier molecular flexibility index (Phi) is 5.42. The molecule has 3 atom stereocenters. The van der Waals surface area contributed by atoms with Crippen molar-refractivity contribution >= 4 is 27.4 Å². The summed E-state index contributed by atoms with van der Waals surface area (Å²) in [6.07, 6.45) is 6.30. The van der Waals surface area contributed by atoms with E-state index >= 15 is 0 Å². The third-order valence-corrected chi connectivity index (χ3v) is 8.19. The molecule has 4 aliphatic rings. The van der Waals surface area contributed by atoms with Crippen LogP contribution in [0.4, 0.5) is 20.7 Å². The molecular weight excluding hydrogens is 463 g/mol. The molecule has 1 aromatic heterocycles. The van der Waals surface area contributed by atoms with Crippen LogP contribution in [0.15, 0.2) is 29.4 Å². The summed E-state index contributed by atoms with van der Waals surface area (Å²) in [6, 6.07) is 3.69. The third-order valence-electron chi connectivity index (χ3n) is 7.08. The van der Waals surface area contributed by atoms with E-state index in [-0.39, 0.29) is 40.5 Å². The summed E-state index contributed by atoms with van der Waals surface area (Å²) in [7, 11) is -3.51. The highest BCUT2D eigenvalue weighted by Gasteiger charge is 2.57. The van der Waals surface area contributed by atoms with Gasteiger partial charge < -0.3 is 14.8 Å². The molecule has 9 nitrogen and oxygen atoms in total. The van der Waals surface area contributed by atoms with Crippen LogP contribution < -0.4 is 10.1 Å². The number of anilines is 2. The molecule has 11 heteroatoms. The van der Waals surface area contributed by atoms with Gasteiger partial charge in [0.25, 0.3) is 0 Å². The Balaban J connectivity index is 1.27. The second-order valence-electron chi connectivity index (χ2n) is 9.62. The first-order valence-corrected chi connectivity index (χ1v) is 13.2. The van der Waals surface area contributed by atoms with Crippen molar-refractivity contribution in [1.29, 1.82) is 0 Å². The van der Waals surface area contributed by atoms with E-state index in [1.807, 2.05) is 6.92 Å². The zero-order valence-corrected chi connectivity index (χ0v) is 20.1. The van der Waals surface area contributed by atoms with Crippen LogP contribution in [-0.4, -0.2) is 59.4 Å². The molecule has 2 saturated carbocycles. The zero-order valence-electron chi connectivity index (χ0n) is 19.2. The summed E-state index contributed by atoms with van der Waals surface area (Å²) >= 11 is 0. The number of fused-ring (bicyclic) bond motifs is 1. The quantitative estimate of drug-likeness (QED) is 0.652. The van der Waals surface area contributed by atoms with E-state index in [4.69, 9.17) is 9.47 Å². The average molecular weight is 491 g/mol. The van der Waals surface area contributed by atoms with Crippen LogP contribution >= 0.6 is 0 Å². The van der Waals surface area contributed by atoms with Crippen LogP contribution in [0.2, 0.25) is 0 Å². The number of nitrogens with one attached hydrogen (secondary N) is 1. The lowest BCUT2D eigenvalue weighted by molar-refractivity contribution is -0.0680. The first-order valence-electron chi connectivity index (χ1n) is 11.3. The Bertz CT molecular complexity index is 1250. The van der Waals surface area contributed by atoms with E-state index in [2.05, 4.69) is 15.3 Å². The van der Waals surface area contributed by atoms with Crippen molar-refractivity contribution in [1.82, 2.24) is 14.9 Å². The van der Waals surface area contributed by atoms with E-state index in [1.54, 1.807) is 11.8 Å². The normalized spacial score (nSPS) is 24.7. The van der Waals surface area contributed by atoms with Gasteiger partial charge in [0.1, 0.15) is 29.7 Å². The summed E-state index contributed by atoms with van der Waals surface area (Å²) in [5.41, 5.74) is 0.317. The van der Waals surface area contributed by atoms with Gasteiger partial charge in [-0.1, -0.05) is 0 Å². The molecule has 2 aromatic rings. The molecule has 1 aromatic carbocycles. The fourth-order valence-electron chi connectivity index (χ4n) is 4.83. The van der Waals surface area contributed by atoms with Gasteiger partial charge in [-0.25, -0.2) is 27.6 Å². The fourth-order valence-corrected chi connectivity index (χ4v) is 5.47. The number of carbonyl (C=O) groups is 1. The highest BCUT2D eigenvalue weighted by Crippen LogP contribution is 2.45. The lowest BCUT2D eigenvalue weighted by Crippen LogP contribution is -2.56. The molecule has 2 saturated heterocycles. The minimum atomic E-state index is -3.51. The molecule has 3 heterocycles. The van der Waals surface area contributed by atoms with Gasteiger partial charge in [0, 0.05) is 18.7 Å². The molecule has 4 fully saturated rings. The maximum atomic E-state index is 14.5. The van der Waals surface area contributed by atoms with Gasteiger partial charge in [0.2, 0.25) is 5.88 Å². The van der Waals surface area contributed by atoms with Gasteiger partial charge in [-0.2, -0.15) is 0 Å². The first kappa shape index (κ1) is 22.8. The molecule has 2 aliphatic heterocycles. The van der Waals surface area contributed by atoms with Crippen LogP contribution in [0.1, 0.15) is 44.6 Å². The molecule has 0 spiro atoms. The standard InChI is InChI=1S/C23H27FN4O5S/c1-13-20(27-17-6-5-15(11-16(17)24)34(3,30)31)25-12-26-21(13)32-19-10-14-9-18(19)28(14)22(29)33-23(2)7-4-8-23/h5-6,11-12,14,18-19H,4,7-10H2,1-3H3,(H,25,26,27). The largest absolute Gasteiger partial charge is 0.472 e. The molecule has 1 amide bonds. The molecule has 0 radical (unpaired) electrons. The van der Waals surface area contributed by atoms with Crippen molar-refractivity contribution in [3.63, 3.8) is 0 Å². The number of ether oxygens (including phenoxy) is 2. The van der Waals surface area contributed by atoms with Gasteiger partial charge in [0.15, 0.2) is 9.84 Å². The lowest BCUT2D eigenvalue weighted by atomic mass is 9.82. The second-order valence-corrected chi connectivity index (χ2v) is 11.6. The number of aromatic nitrogens is 2. The van der Waals surface area contributed by atoms with Gasteiger partial charge in [-0.05, 0) is 57.7 Å². The van der Waals surface area contributed by atoms with E-state index in [0.717, 1.165) is 38.0 Å². The Labute approximate surface area is 197 Å². The Morgan fingerprint density at radius 1 is 1.26 bits per heavy atom. The minimum Gasteiger partial charge on any atom is -0.472 e. The monoisotopic (exact) mass is 490 g/mol. The summed E-state index contributed by atoms with van der Waals surface area (Å²) in [4.78, 5) is 22.8. The topological polar surface area (TPSA) is 111 Å². The van der Waals surface area contributed by atoms with Crippen molar-refractivity contribution < 1.29 is 27.1 Å². The summed E-state index contributed by atoms with van der Waals surface area (Å²) in [5.74, 6) is -0.0210. The van der Waals surface area contributed by atoms with Gasteiger partial charge in [0.05, 0.1) is 22.2 Å². The van der Waals surface area contributed by atoms with Crippen molar-refractivity contribution in [2.75, 3.05) is 11.6 Å².